The minimum Gasteiger partial charge on any atom is -0.483 e. The summed E-state index contributed by atoms with van der Waals surface area (Å²) in [5.41, 5.74) is 1.15. The van der Waals surface area contributed by atoms with Crippen molar-refractivity contribution in [1.29, 1.82) is 0 Å². The molecule has 1 fully saturated rings. The monoisotopic (exact) mass is 321 g/mol. The van der Waals surface area contributed by atoms with E-state index in [1.165, 1.54) is 25.7 Å². The minimum absolute atomic E-state index is 0.0365. The molecule has 122 valence electrons. The third kappa shape index (κ3) is 5.56. The summed E-state index contributed by atoms with van der Waals surface area (Å²) >= 11 is 1.99. The highest BCUT2D eigenvalue weighted by Crippen LogP contribution is 2.29. The lowest BCUT2D eigenvalue weighted by atomic mass is 10.0. The van der Waals surface area contributed by atoms with Gasteiger partial charge in [0.1, 0.15) is 5.75 Å². The Morgan fingerprint density at radius 1 is 1.32 bits per heavy atom. The van der Waals surface area contributed by atoms with Crippen molar-refractivity contribution in [3.05, 3.63) is 29.8 Å². The molecule has 0 saturated heterocycles. The maximum atomic E-state index is 11.8. The van der Waals surface area contributed by atoms with E-state index >= 15 is 0 Å². The smallest absolute Gasteiger partial charge is 0.257 e. The van der Waals surface area contributed by atoms with Crippen LogP contribution in [0.3, 0.4) is 0 Å². The summed E-state index contributed by atoms with van der Waals surface area (Å²) in [4.78, 5) is 11.8. The molecule has 0 aromatic heterocycles. The van der Waals surface area contributed by atoms with Crippen LogP contribution in [0.15, 0.2) is 24.3 Å². The van der Waals surface area contributed by atoms with Gasteiger partial charge in [-0.15, -0.1) is 0 Å². The number of carbonyl (C=O) groups is 1. The van der Waals surface area contributed by atoms with Gasteiger partial charge >= 0.3 is 0 Å². The van der Waals surface area contributed by atoms with Gasteiger partial charge in [-0.1, -0.05) is 44.9 Å². The summed E-state index contributed by atoms with van der Waals surface area (Å²) < 4.78 is 5.67. The summed E-state index contributed by atoms with van der Waals surface area (Å²) in [6, 6.07) is 7.93. The van der Waals surface area contributed by atoms with Crippen molar-refractivity contribution in [1.82, 2.24) is 5.32 Å². The molecule has 4 heteroatoms. The van der Waals surface area contributed by atoms with Crippen molar-refractivity contribution >= 4 is 17.7 Å². The quantitative estimate of drug-likeness (QED) is 0.736. The van der Waals surface area contributed by atoms with Gasteiger partial charge < -0.3 is 10.1 Å². The molecule has 1 aromatic rings. The topological polar surface area (TPSA) is 38.3 Å². The van der Waals surface area contributed by atoms with Crippen molar-refractivity contribution < 1.29 is 9.53 Å². The normalized spacial score (nSPS) is 15.2. The maximum Gasteiger partial charge on any atom is 0.257 e. The number of hydrogen-bond donors (Lipinski definition) is 1. The Balaban J connectivity index is 1.65. The fraction of sp³-hybridized carbons (Fsp3) is 0.611. The van der Waals surface area contributed by atoms with Crippen LogP contribution in [0.25, 0.3) is 0 Å². The lowest BCUT2D eigenvalue weighted by molar-refractivity contribution is -0.122. The minimum atomic E-state index is -0.0365. The average molecular weight is 321 g/mol. The molecule has 1 N–H and O–H groups in total. The summed E-state index contributed by atoms with van der Waals surface area (Å²) in [5, 5.41) is 3.75. The molecule has 2 rings (SSSR count). The Morgan fingerprint density at radius 2 is 2.05 bits per heavy atom. The number of thioether (sulfide) groups is 1. The van der Waals surface area contributed by atoms with Crippen LogP contribution in [0.4, 0.5) is 0 Å². The zero-order valence-corrected chi connectivity index (χ0v) is 14.5. The highest BCUT2D eigenvalue weighted by molar-refractivity contribution is 7.99. The second kappa shape index (κ2) is 9.09. The molecule has 1 saturated carbocycles. The van der Waals surface area contributed by atoms with E-state index in [0.29, 0.717) is 5.92 Å². The molecule has 0 heterocycles. The lowest BCUT2D eigenvalue weighted by Gasteiger charge is -2.14. The predicted octanol–water partition coefficient (Wildman–Crippen LogP) is 3.98. The first-order chi connectivity index (χ1) is 10.7. The number of carbonyl (C=O) groups excluding carboxylic acids is 1. The molecule has 22 heavy (non-hydrogen) atoms. The summed E-state index contributed by atoms with van der Waals surface area (Å²) in [6.45, 7) is 5.08. The van der Waals surface area contributed by atoms with Gasteiger partial charge in [0.15, 0.2) is 6.61 Å². The Kier molecular flexibility index (Phi) is 7.10. The number of para-hydroxylation sites is 1. The molecule has 1 aromatic carbocycles. The zero-order chi connectivity index (χ0) is 15.8. The second-order valence-corrected chi connectivity index (χ2v) is 7.52. The fourth-order valence-electron chi connectivity index (χ4n) is 2.75. The van der Waals surface area contributed by atoms with Crippen LogP contribution >= 0.6 is 11.8 Å². The van der Waals surface area contributed by atoms with Gasteiger partial charge in [0, 0.05) is 17.5 Å². The molecule has 0 unspecified atom stereocenters. The van der Waals surface area contributed by atoms with Crippen molar-refractivity contribution in [3.63, 3.8) is 0 Å². The van der Waals surface area contributed by atoms with Gasteiger partial charge in [0.2, 0.25) is 0 Å². The summed E-state index contributed by atoms with van der Waals surface area (Å²) in [7, 11) is 0. The van der Waals surface area contributed by atoms with Gasteiger partial charge in [0.05, 0.1) is 0 Å². The maximum absolute atomic E-state index is 11.8. The van der Waals surface area contributed by atoms with Gasteiger partial charge in [0.25, 0.3) is 5.91 Å². The number of rotatable bonds is 8. The van der Waals surface area contributed by atoms with Crippen LogP contribution in [0.1, 0.15) is 51.0 Å². The standard InChI is InChI=1S/C18H27NO2S/c1-14(2)16-9-5-6-10-17(16)21-13-18(20)19-11-12-22-15-7-3-4-8-15/h5-6,9-10,14-15H,3-4,7-8,11-13H2,1-2H3,(H,19,20). The Morgan fingerprint density at radius 3 is 2.77 bits per heavy atom. The Labute approximate surface area is 138 Å². The first kappa shape index (κ1) is 17.2. The highest BCUT2D eigenvalue weighted by Gasteiger charge is 2.15. The molecule has 0 atom stereocenters. The van der Waals surface area contributed by atoms with Crippen LogP contribution < -0.4 is 10.1 Å². The highest BCUT2D eigenvalue weighted by atomic mass is 32.2. The van der Waals surface area contributed by atoms with Crippen LogP contribution in [-0.4, -0.2) is 30.1 Å². The largest absolute Gasteiger partial charge is 0.483 e. The van der Waals surface area contributed by atoms with Crippen LogP contribution in [0.5, 0.6) is 5.75 Å². The van der Waals surface area contributed by atoms with E-state index < -0.39 is 0 Å². The first-order valence-electron chi connectivity index (χ1n) is 8.27. The molecule has 1 amide bonds. The van der Waals surface area contributed by atoms with E-state index in [1.807, 2.05) is 30.0 Å². The van der Waals surface area contributed by atoms with Crippen molar-refractivity contribution in [2.24, 2.45) is 0 Å². The zero-order valence-electron chi connectivity index (χ0n) is 13.6. The number of ether oxygens (including phenoxy) is 1. The Bertz CT molecular complexity index is 470. The van der Waals surface area contributed by atoms with Gasteiger partial charge in [-0.05, 0) is 30.4 Å². The predicted molar refractivity (Wildman–Crippen MR) is 93.7 cm³/mol. The van der Waals surface area contributed by atoms with Crippen LogP contribution in [0, 0.1) is 0 Å². The Hall–Kier alpha value is -1.16. The van der Waals surface area contributed by atoms with E-state index in [-0.39, 0.29) is 12.5 Å². The van der Waals surface area contributed by atoms with Crippen molar-refractivity contribution in [2.75, 3.05) is 18.9 Å². The number of hydrogen-bond acceptors (Lipinski definition) is 3. The van der Waals surface area contributed by atoms with Gasteiger partial charge in [-0.3, -0.25) is 4.79 Å². The molecule has 0 spiro atoms. The molecule has 0 radical (unpaired) electrons. The summed E-state index contributed by atoms with van der Waals surface area (Å²) in [6.07, 6.45) is 5.42. The summed E-state index contributed by atoms with van der Waals surface area (Å²) in [5.74, 6) is 2.17. The second-order valence-electron chi connectivity index (χ2n) is 6.11. The molecule has 3 nitrogen and oxygen atoms in total. The van der Waals surface area contributed by atoms with E-state index in [0.717, 1.165) is 28.9 Å². The van der Waals surface area contributed by atoms with Crippen LogP contribution in [-0.2, 0) is 4.79 Å². The lowest BCUT2D eigenvalue weighted by Crippen LogP contribution is -2.31. The molecular weight excluding hydrogens is 294 g/mol. The fourth-order valence-corrected chi connectivity index (χ4v) is 3.97. The molecule has 0 aliphatic heterocycles. The average Bonchev–Trinajstić information content (AvgIpc) is 3.03. The number of nitrogens with one attached hydrogen (secondary N) is 1. The molecular formula is C18H27NO2S. The van der Waals surface area contributed by atoms with Crippen LogP contribution in [0.2, 0.25) is 0 Å². The third-order valence-electron chi connectivity index (χ3n) is 3.98. The van der Waals surface area contributed by atoms with E-state index in [2.05, 4.69) is 25.2 Å². The third-order valence-corrected chi connectivity index (χ3v) is 5.36. The van der Waals surface area contributed by atoms with Gasteiger partial charge in [-0.25, -0.2) is 0 Å². The van der Waals surface area contributed by atoms with Crippen molar-refractivity contribution in [2.45, 2.75) is 50.7 Å². The molecule has 0 bridgehead atoms. The number of amides is 1. The number of benzene rings is 1. The van der Waals surface area contributed by atoms with E-state index in [4.69, 9.17) is 4.74 Å². The van der Waals surface area contributed by atoms with Gasteiger partial charge in [-0.2, -0.15) is 11.8 Å². The van der Waals surface area contributed by atoms with Crippen molar-refractivity contribution in [3.8, 4) is 5.75 Å². The van der Waals surface area contributed by atoms with E-state index in [9.17, 15) is 4.79 Å². The van der Waals surface area contributed by atoms with E-state index in [1.54, 1.807) is 0 Å². The first-order valence-corrected chi connectivity index (χ1v) is 9.31. The SMILES string of the molecule is CC(C)c1ccccc1OCC(=O)NCCSC1CCCC1. The molecule has 1 aliphatic carbocycles. The molecule has 1 aliphatic rings.